The largest absolute Gasteiger partial charge is 0.507 e. The van der Waals surface area contributed by atoms with Gasteiger partial charge in [-0.15, -0.1) is 0 Å². The highest BCUT2D eigenvalue weighted by atomic mass is 16.6. The number of ether oxygens (including phenoxy) is 1. The molecule has 3 heterocycles. The molecule has 0 radical (unpaired) electrons. The molecule has 2 N–H and O–H groups in total. The van der Waals surface area contributed by atoms with E-state index < -0.39 is 23.5 Å². The fourth-order valence-corrected chi connectivity index (χ4v) is 5.14. The van der Waals surface area contributed by atoms with E-state index in [0.29, 0.717) is 27.5 Å². The van der Waals surface area contributed by atoms with Gasteiger partial charge in [-0.1, -0.05) is 52.0 Å². The Labute approximate surface area is 201 Å². The summed E-state index contributed by atoms with van der Waals surface area (Å²) in [5.74, 6) is -1.31. The van der Waals surface area contributed by atoms with Crippen LogP contribution in [0, 0.1) is 13.8 Å². The van der Waals surface area contributed by atoms with Gasteiger partial charge in [-0.05, 0) is 47.9 Å². The lowest BCUT2D eigenvalue weighted by Crippen LogP contribution is -2.26. The minimum absolute atomic E-state index is 0.00590. The van der Waals surface area contributed by atoms with Crippen LogP contribution in [0.1, 0.15) is 78.8 Å². The molecule has 2 aromatic carbocycles. The number of aliphatic hydroxyl groups is 1. The SMILES string of the molecule is Cc1ccc(C(C)C)c2oc(=O)c(C3c4c(c5c(C)ccc(C(C)C)c5oc4=O)OC3O)c(O)c12. The summed E-state index contributed by atoms with van der Waals surface area (Å²) >= 11 is 0. The Bertz CT molecular complexity index is 1620. The number of fused-ring (bicyclic) bond motifs is 4. The van der Waals surface area contributed by atoms with E-state index in [1.54, 1.807) is 6.92 Å². The van der Waals surface area contributed by atoms with Crippen molar-refractivity contribution < 1.29 is 23.8 Å². The Hall–Kier alpha value is -3.58. The van der Waals surface area contributed by atoms with Gasteiger partial charge in [0.15, 0.2) is 0 Å². The van der Waals surface area contributed by atoms with Crippen LogP contribution in [0.4, 0.5) is 0 Å². The van der Waals surface area contributed by atoms with E-state index in [1.165, 1.54) is 0 Å². The minimum Gasteiger partial charge on any atom is -0.507 e. The summed E-state index contributed by atoms with van der Waals surface area (Å²) in [6, 6.07) is 7.51. The van der Waals surface area contributed by atoms with Gasteiger partial charge >= 0.3 is 11.3 Å². The van der Waals surface area contributed by atoms with E-state index >= 15 is 0 Å². The van der Waals surface area contributed by atoms with Gasteiger partial charge < -0.3 is 23.8 Å². The second kappa shape index (κ2) is 7.99. The smallest absolute Gasteiger partial charge is 0.344 e. The first kappa shape index (κ1) is 23.2. The van der Waals surface area contributed by atoms with Crippen LogP contribution in [0.5, 0.6) is 11.5 Å². The van der Waals surface area contributed by atoms with Crippen molar-refractivity contribution in [1.82, 2.24) is 0 Å². The Balaban J connectivity index is 1.85. The van der Waals surface area contributed by atoms with Crippen LogP contribution in [0.3, 0.4) is 0 Å². The molecule has 5 rings (SSSR count). The molecular formula is C28H28O7. The second-order valence-corrected chi connectivity index (χ2v) is 9.93. The zero-order valence-electron chi connectivity index (χ0n) is 20.6. The third-order valence-electron chi connectivity index (χ3n) is 6.98. The van der Waals surface area contributed by atoms with E-state index in [-0.39, 0.29) is 34.5 Å². The number of aromatic hydroxyl groups is 1. The zero-order valence-corrected chi connectivity index (χ0v) is 20.6. The van der Waals surface area contributed by atoms with Crippen LogP contribution in [0.25, 0.3) is 21.9 Å². The molecule has 2 atom stereocenters. The monoisotopic (exact) mass is 476 g/mol. The van der Waals surface area contributed by atoms with Crippen molar-refractivity contribution in [3.63, 3.8) is 0 Å². The molecule has 0 saturated carbocycles. The first-order valence-corrected chi connectivity index (χ1v) is 11.8. The van der Waals surface area contributed by atoms with Crippen molar-refractivity contribution in [2.75, 3.05) is 0 Å². The Morgan fingerprint density at radius 3 is 1.80 bits per heavy atom. The summed E-state index contributed by atoms with van der Waals surface area (Å²) < 4.78 is 17.3. The van der Waals surface area contributed by atoms with Crippen molar-refractivity contribution in [3.05, 3.63) is 78.5 Å². The van der Waals surface area contributed by atoms with E-state index in [4.69, 9.17) is 13.6 Å². The Kier molecular flexibility index (Phi) is 5.29. The molecule has 35 heavy (non-hydrogen) atoms. The summed E-state index contributed by atoms with van der Waals surface area (Å²) in [5.41, 5.74) is 1.99. The third kappa shape index (κ3) is 3.29. The summed E-state index contributed by atoms with van der Waals surface area (Å²) in [7, 11) is 0. The summed E-state index contributed by atoms with van der Waals surface area (Å²) in [6.45, 7) is 11.6. The first-order chi connectivity index (χ1) is 16.5. The van der Waals surface area contributed by atoms with Crippen LogP contribution in [0.15, 0.2) is 42.7 Å². The molecule has 0 fully saturated rings. The van der Waals surface area contributed by atoms with Crippen LogP contribution in [0.2, 0.25) is 0 Å². The molecule has 0 aliphatic carbocycles. The van der Waals surface area contributed by atoms with Crippen molar-refractivity contribution in [1.29, 1.82) is 0 Å². The van der Waals surface area contributed by atoms with Gasteiger partial charge in [-0.2, -0.15) is 0 Å². The van der Waals surface area contributed by atoms with E-state index in [0.717, 1.165) is 16.7 Å². The molecule has 2 aromatic heterocycles. The second-order valence-electron chi connectivity index (χ2n) is 9.93. The zero-order chi connectivity index (χ0) is 25.3. The lowest BCUT2D eigenvalue weighted by atomic mass is 9.89. The van der Waals surface area contributed by atoms with Gasteiger partial charge in [0.2, 0.25) is 6.29 Å². The van der Waals surface area contributed by atoms with Crippen molar-refractivity contribution in [3.8, 4) is 11.5 Å². The molecule has 1 aliphatic heterocycles. The minimum atomic E-state index is -1.58. The molecule has 0 saturated heterocycles. The molecule has 7 nitrogen and oxygen atoms in total. The number of aryl methyl sites for hydroxylation is 2. The molecule has 1 aliphatic rings. The lowest BCUT2D eigenvalue weighted by Gasteiger charge is -2.17. The van der Waals surface area contributed by atoms with E-state index in [1.807, 2.05) is 58.9 Å². The van der Waals surface area contributed by atoms with Gasteiger partial charge in [0.25, 0.3) is 0 Å². The average Bonchev–Trinajstić information content (AvgIpc) is 3.10. The maximum atomic E-state index is 13.3. The Morgan fingerprint density at radius 2 is 1.26 bits per heavy atom. The van der Waals surface area contributed by atoms with Crippen LogP contribution in [-0.4, -0.2) is 16.5 Å². The third-order valence-corrected chi connectivity index (χ3v) is 6.98. The van der Waals surface area contributed by atoms with Gasteiger partial charge in [-0.25, -0.2) is 9.59 Å². The van der Waals surface area contributed by atoms with Gasteiger partial charge in [-0.3, -0.25) is 0 Å². The number of hydrogen-bond acceptors (Lipinski definition) is 7. The van der Waals surface area contributed by atoms with Gasteiger partial charge in [0, 0.05) is 0 Å². The fourth-order valence-electron chi connectivity index (χ4n) is 5.14. The van der Waals surface area contributed by atoms with E-state index in [2.05, 4.69) is 0 Å². The molecule has 7 heteroatoms. The standard InChI is InChI=1S/C28H28O7/c1-11(2)15-9-7-13(5)17-22(29)20(27(31)33-23(15)17)19-21-25(35-26(19)30)18-14(6)8-10-16(12(3)4)24(18)34-28(21)32/h7-12,19,26,29-30H,1-6H3. The van der Waals surface area contributed by atoms with Crippen LogP contribution >= 0.6 is 0 Å². The van der Waals surface area contributed by atoms with E-state index in [9.17, 15) is 19.8 Å². The normalized spacial score (nSPS) is 17.5. The molecule has 0 amide bonds. The number of rotatable bonds is 3. The highest BCUT2D eigenvalue weighted by Crippen LogP contribution is 2.48. The van der Waals surface area contributed by atoms with Crippen LogP contribution < -0.4 is 16.0 Å². The maximum absolute atomic E-state index is 13.3. The highest BCUT2D eigenvalue weighted by Gasteiger charge is 2.44. The van der Waals surface area contributed by atoms with Crippen molar-refractivity contribution >= 4 is 21.9 Å². The first-order valence-electron chi connectivity index (χ1n) is 11.8. The van der Waals surface area contributed by atoms with Crippen molar-refractivity contribution in [2.45, 2.75) is 65.6 Å². The molecule has 2 unspecified atom stereocenters. The molecule has 0 spiro atoms. The lowest BCUT2D eigenvalue weighted by molar-refractivity contribution is -0.00989. The number of hydrogen-bond donors (Lipinski definition) is 2. The molecule has 4 aromatic rings. The fraction of sp³-hybridized carbons (Fsp3) is 0.357. The topological polar surface area (TPSA) is 110 Å². The summed E-state index contributed by atoms with van der Waals surface area (Å²) in [5, 5.41) is 23.2. The Morgan fingerprint density at radius 1 is 0.771 bits per heavy atom. The predicted molar refractivity (Wildman–Crippen MR) is 133 cm³/mol. The van der Waals surface area contributed by atoms with Crippen molar-refractivity contribution in [2.24, 2.45) is 0 Å². The summed E-state index contributed by atoms with van der Waals surface area (Å²) in [6.07, 6.45) is -1.58. The molecule has 182 valence electrons. The molecular weight excluding hydrogens is 448 g/mol. The highest BCUT2D eigenvalue weighted by molar-refractivity contribution is 5.93. The van der Waals surface area contributed by atoms with Gasteiger partial charge in [0.1, 0.15) is 22.7 Å². The van der Waals surface area contributed by atoms with Gasteiger partial charge in [0.05, 0.1) is 27.8 Å². The van der Waals surface area contributed by atoms with Crippen LogP contribution in [-0.2, 0) is 0 Å². The average molecular weight is 477 g/mol. The number of aliphatic hydroxyl groups excluding tert-OH is 1. The summed E-state index contributed by atoms with van der Waals surface area (Å²) in [4.78, 5) is 26.5. The predicted octanol–water partition coefficient (Wildman–Crippen LogP) is 5.31. The number of benzene rings is 2. The molecule has 0 bridgehead atoms. The quantitative estimate of drug-likeness (QED) is 0.386. The maximum Gasteiger partial charge on any atom is 0.344 e.